The van der Waals surface area contributed by atoms with Crippen LogP contribution in [0.2, 0.25) is 0 Å². The van der Waals surface area contributed by atoms with E-state index in [2.05, 4.69) is 114 Å². The molecule has 0 saturated heterocycles. The van der Waals surface area contributed by atoms with Crippen molar-refractivity contribution in [3.63, 3.8) is 0 Å². The Bertz CT molecular complexity index is 2300. The van der Waals surface area contributed by atoms with Crippen LogP contribution in [0.15, 0.2) is 127 Å². The third-order valence-corrected chi connectivity index (χ3v) is 7.99. The summed E-state index contributed by atoms with van der Waals surface area (Å²) in [6.07, 6.45) is 0. The van der Waals surface area contributed by atoms with Crippen molar-refractivity contribution in [1.29, 1.82) is 0 Å². The molecule has 6 aromatic carbocycles. The Balaban J connectivity index is 1.42. The molecule has 0 radical (unpaired) electrons. The number of hydrogen-bond donors (Lipinski definition) is 0. The van der Waals surface area contributed by atoms with Gasteiger partial charge in [-0.15, -0.1) is 0 Å². The highest BCUT2D eigenvalue weighted by atomic mass is 16.5. The van der Waals surface area contributed by atoms with E-state index in [1.165, 1.54) is 10.9 Å². The molecular weight excluding hydrogens is 490 g/mol. The summed E-state index contributed by atoms with van der Waals surface area (Å²) in [4.78, 5) is 10.3. The highest BCUT2D eigenvalue weighted by Gasteiger charge is 2.26. The van der Waals surface area contributed by atoms with E-state index in [0.717, 1.165) is 66.4 Å². The fraction of sp³-hybridized carbons (Fsp3) is 0. The van der Waals surface area contributed by atoms with Crippen molar-refractivity contribution >= 4 is 43.5 Å². The van der Waals surface area contributed by atoms with Gasteiger partial charge in [0.25, 0.3) is 0 Å². The van der Waals surface area contributed by atoms with Gasteiger partial charge in [0.1, 0.15) is 11.5 Å². The van der Waals surface area contributed by atoms with Crippen molar-refractivity contribution in [1.82, 2.24) is 14.5 Å². The zero-order chi connectivity index (χ0) is 26.2. The molecule has 0 spiro atoms. The summed E-state index contributed by atoms with van der Waals surface area (Å²) in [5.41, 5.74) is 7.31. The summed E-state index contributed by atoms with van der Waals surface area (Å²) in [6, 6.07) is 44.1. The van der Waals surface area contributed by atoms with Crippen LogP contribution in [0, 0.1) is 0 Å². The van der Waals surface area contributed by atoms with E-state index in [0.29, 0.717) is 5.95 Å². The molecule has 3 heterocycles. The summed E-state index contributed by atoms with van der Waals surface area (Å²) < 4.78 is 8.71. The van der Waals surface area contributed by atoms with Crippen molar-refractivity contribution in [2.75, 3.05) is 0 Å². The van der Waals surface area contributed by atoms with Crippen LogP contribution < -0.4 is 4.74 Å². The SMILES string of the molecule is c1ccc(-c2nc(-n3c4ccccc4c4c5c(ccc43)Oc3cccc4cccc-5c34)nc3ccccc23)cc1. The Kier molecular flexibility index (Phi) is 4.30. The molecule has 0 amide bonds. The maximum atomic E-state index is 6.52. The van der Waals surface area contributed by atoms with Gasteiger partial charge in [-0.2, -0.15) is 0 Å². The number of benzene rings is 6. The van der Waals surface area contributed by atoms with E-state index in [4.69, 9.17) is 14.7 Å². The summed E-state index contributed by atoms with van der Waals surface area (Å²) in [6.45, 7) is 0. The van der Waals surface area contributed by atoms with Gasteiger partial charge < -0.3 is 4.74 Å². The Morgan fingerprint density at radius 1 is 0.525 bits per heavy atom. The minimum absolute atomic E-state index is 0.652. The summed E-state index contributed by atoms with van der Waals surface area (Å²) in [7, 11) is 0. The van der Waals surface area contributed by atoms with E-state index < -0.39 is 0 Å². The number of para-hydroxylation sites is 2. The number of aromatic nitrogens is 3. The first-order valence-electron chi connectivity index (χ1n) is 13.4. The van der Waals surface area contributed by atoms with E-state index in [9.17, 15) is 0 Å². The van der Waals surface area contributed by atoms with Gasteiger partial charge in [-0.3, -0.25) is 4.57 Å². The highest BCUT2D eigenvalue weighted by molar-refractivity contribution is 6.20. The normalized spacial score (nSPS) is 12.2. The first kappa shape index (κ1) is 21.5. The average molecular weight is 512 g/mol. The minimum atomic E-state index is 0.652. The molecule has 1 aliphatic heterocycles. The molecule has 1 aliphatic rings. The topological polar surface area (TPSA) is 39.9 Å². The highest BCUT2D eigenvalue weighted by Crippen LogP contribution is 2.51. The second kappa shape index (κ2) is 8.01. The summed E-state index contributed by atoms with van der Waals surface area (Å²) >= 11 is 0. The van der Waals surface area contributed by atoms with Crippen LogP contribution >= 0.6 is 0 Å². The first-order valence-corrected chi connectivity index (χ1v) is 13.4. The fourth-order valence-electron chi connectivity index (χ4n) is 6.31. The first-order chi connectivity index (χ1) is 19.8. The second-order valence-corrected chi connectivity index (χ2v) is 10.2. The maximum absolute atomic E-state index is 6.52. The third-order valence-electron chi connectivity index (χ3n) is 7.99. The van der Waals surface area contributed by atoms with Crippen LogP contribution in [0.3, 0.4) is 0 Å². The molecule has 186 valence electrons. The Morgan fingerprint density at radius 3 is 2.20 bits per heavy atom. The van der Waals surface area contributed by atoms with E-state index in [-0.39, 0.29) is 0 Å². The lowest BCUT2D eigenvalue weighted by Crippen LogP contribution is -2.03. The van der Waals surface area contributed by atoms with Crippen molar-refractivity contribution in [3.05, 3.63) is 127 Å². The predicted molar refractivity (Wildman–Crippen MR) is 162 cm³/mol. The van der Waals surface area contributed by atoms with Gasteiger partial charge in [-0.1, -0.05) is 97.1 Å². The molecule has 40 heavy (non-hydrogen) atoms. The number of nitrogens with zero attached hydrogens (tertiary/aromatic N) is 3. The molecule has 8 aromatic rings. The average Bonchev–Trinajstić information content (AvgIpc) is 3.36. The molecule has 0 N–H and O–H groups in total. The van der Waals surface area contributed by atoms with Crippen molar-refractivity contribution in [3.8, 4) is 39.8 Å². The number of hydrogen-bond acceptors (Lipinski definition) is 3. The van der Waals surface area contributed by atoms with Crippen molar-refractivity contribution in [2.45, 2.75) is 0 Å². The predicted octanol–water partition coefficient (Wildman–Crippen LogP) is 9.32. The van der Waals surface area contributed by atoms with E-state index in [1.54, 1.807) is 0 Å². The van der Waals surface area contributed by atoms with Crippen LogP contribution in [-0.2, 0) is 0 Å². The molecule has 0 bridgehead atoms. The maximum Gasteiger partial charge on any atom is 0.235 e. The van der Waals surface area contributed by atoms with Crippen LogP contribution in [0.1, 0.15) is 0 Å². The van der Waals surface area contributed by atoms with E-state index >= 15 is 0 Å². The number of rotatable bonds is 2. The van der Waals surface area contributed by atoms with Crippen LogP contribution in [0.5, 0.6) is 11.5 Å². The van der Waals surface area contributed by atoms with Gasteiger partial charge in [0.05, 0.1) is 22.2 Å². The lowest BCUT2D eigenvalue weighted by molar-refractivity contribution is 0.488. The molecular formula is C36H21N3O. The van der Waals surface area contributed by atoms with Gasteiger partial charge in [-0.05, 0) is 41.3 Å². The lowest BCUT2D eigenvalue weighted by atomic mass is 9.91. The second-order valence-electron chi connectivity index (χ2n) is 10.2. The number of ether oxygens (including phenoxy) is 1. The molecule has 0 saturated carbocycles. The molecule has 0 aliphatic carbocycles. The molecule has 2 aromatic heterocycles. The molecule has 0 unspecified atom stereocenters. The monoisotopic (exact) mass is 511 g/mol. The molecule has 4 heteroatoms. The van der Waals surface area contributed by atoms with E-state index in [1.807, 2.05) is 18.2 Å². The molecule has 0 fully saturated rings. The van der Waals surface area contributed by atoms with Crippen LogP contribution in [0.4, 0.5) is 0 Å². The molecule has 0 atom stereocenters. The Hall–Kier alpha value is -5.48. The van der Waals surface area contributed by atoms with Gasteiger partial charge >= 0.3 is 0 Å². The minimum Gasteiger partial charge on any atom is -0.456 e. The fourth-order valence-corrected chi connectivity index (χ4v) is 6.31. The Morgan fingerprint density at radius 2 is 1.30 bits per heavy atom. The third kappa shape index (κ3) is 2.90. The van der Waals surface area contributed by atoms with Gasteiger partial charge in [0.15, 0.2) is 0 Å². The standard InChI is InChI=1S/C36H21N3O/c1-2-10-23(11-3-1)35-24-14-4-6-17-27(24)37-36(38-35)39-28-18-7-5-15-25(28)33-29(39)20-21-31-34(33)26-16-8-12-22-13-9-19-30(40-31)32(22)26/h1-21H. The zero-order valence-corrected chi connectivity index (χ0v) is 21.4. The molecule has 9 rings (SSSR count). The largest absolute Gasteiger partial charge is 0.456 e. The quantitative estimate of drug-likeness (QED) is 0.232. The lowest BCUT2D eigenvalue weighted by Gasteiger charge is -2.22. The smallest absolute Gasteiger partial charge is 0.235 e. The Labute approximate surface area is 229 Å². The van der Waals surface area contributed by atoms with Crippen molar-refractivity contribution in [2.24, 2.45) is 0 Å². The van der Waals surface area contributed by atoms with Crippen molar-refractivity contribution < 1.29 is 4.74 Å². The number of fused-ring (bicyclic) bond motifs is 7. The molecule has 4 nitrogen and oxygen atoms in total. The van der Waals surface area contributed by atoms with Gasteiger partial charge in [-0.25, -0.2) is 9.97 Å². The zero-order valence-electron chi connectivity index (χ0n) is 21.4. The summed E-state index contributed by atoms with van der Waals surface area (Å²) in [5.74, 6) is 2.42. The van der Waals surface area contributed by atoms with Crippen LogP contribution in [0.25, 0.3) is 71.8 Å². The van der Waals surface area contributed by atoms with Crippen LogP contribution in [-0.4, -0.2) is 14.5 Å². The van der Waals surface area contributed by atoms with Gasteiger partial charge in [0, 0.05) is 32.7 Å². The summed E-state index contributed by atoms with van der Waals surface area (Å²) in [5, 5.41) is 5.65. The van der Waals surface area contributed by atoms with Gasteiger partial charge in [0.2, 0.25) is 5.95 Å².